The summed E-state index contributed by atoms with van der Waals surface area (Å²) in [4.78, 5) is 2.11. The molecule has 0 saturated carbocycles. The number of benzene rings is 1. The molecule has 1 atom stereocenters. The fourth-order valence-corrected chi connectivity index (χ4v) is 2.33. The van der Waals surface area contributed by atoms with Crippen molar-refractivity contribution in [3.8, 4) is 0 Å². The van der Waals surface area contributed by atoms with Crippen LogP contribution in [0.1, 0.15) is 24.4 Å². The number of nitrogens with zero attached hydrogens (tertiary/aromatic N) is 1. The summed E-state index contributed by atoms with van der Waals surface area (Å²) in [5.41, 5.74) is 3.85. The summed E-state index contributed by atoms with van der Waals surface area (Å²) in [6, 6.07) is 8.95. The van der Waals surface area contributed by atoms with Gasteiger partial charge in [-0.1, -0.05) is 12.1 Å². The number of nitrogens with one attached hydrogen (secondary N) is 1. The lowest BCUT2D eigenvalue weighted by Crippen LogP contribution is -2.21. The fourth-order valence-electron chi connectivity index (χ4n) is 2.33. The summed E-state index contributed by atoms with van der Waals surface area (Å²) >= 11 is 0. The molecule has 1 unspecified atom stereocenters. The van der Waals surface area contributed by atoms with Crippen molar-refractivity contribution in [2.45, 2.75) is 18.9 Å². The Kier molecular flexibility index (Phi) is 4.26. The van der Waals surface area contributed by atoms with Gasteiger partial charge in [0.1, 0.15) is 0 Å². The van der Waals surface area contributed by atoms with Gasteiger partial charge in [0.05, 0.1) is 18.9 Å². The Bertz CT molecular complexity index is 409. The average molecular weight is 246 g/mol. The lowest BCUT2D eigenvalue weighted by atomic mass is 9.95. The van der Waals surface area contributed by atoms with Crippen molar-refractivity contribution < 1.29 is 4.74 Å². The molecule has 1 aromatic rings. The summed E-state index contributed by atoms with van der Waals surface area (Å²) in [7, 11) is 6.12. The summed E-state index contributed by atoms with van der Waals surface area (Å²) in [5, 5.41) is 3.37. The second-order valence-electron chi connectivity index (χ2n) is 4.87. The van der Waals surface area contributed by atoms with Gasteiger partial charge in [0.2, 0.25) is 0 Å². The Labute approximate surface area is 109 Å². The second-order valence-corrected chi connectivity index (χ2v) is 4.87. The van der Waals surface area contributed by atoms with Crippen LogP contribution in [-0.2, 0) is 4.74 Å². The van der Waals surface area contributed by atoms with Crippen molar-refractivity contribution in [1.82, 2.24) is 5.32 Å². The maximum Gasteiger partial charge on any atom is 0.0876 e. The van der Waals surface area contributed by atoms with Crippen molar-refractivity contribution >= 4 is 5.69 Å². The van der Waals surface area contributed by atoms with E-state index in [9.17, 15) is 0 Å². The van der Waals surface area contributed by atoms with Crippen LogP contribution < -0.4 is 10.2 Å². The molecule has 1 heterocycles. The van der Waals surface area contributed by atoms with Gasteiger partial charge in [0.15, 0.2) is 0 Å². The van der Waals surface area contributed by atoms with Gasteiger partial charge < -0.3 is 15.0 Å². The van der Waals surface area contributed by atoms with Crippen LogP contribution in [0.2, 0.25) is 0 Å². The van der Waals surface area contributed by atoms with Crippen LogP contribution in [0.5, 0.6) is 0 Å². The second kappa shape index (κ2) is 5.91. The zero-order chi connectivity index (χ0) is 13.0. The molecule has 1 N–H and O–H groups in total. The number of anilines is 1. The maximum atomic E-state index is 5.44. The Morgan fingerprint density at radius 2 is 1.94 bits per heavy atom. The smallest absolute Gasteiger partial charge is 0.0876 e. The molecule has 3 nitrogen and oxygen atoms in total. The number of hydrogen-bond acceptors (Lipinski definition) is 3. The van der Waals surface area contributed by atoms with Crippen molar-refractivity contribution in [2.24, 2.45) is 0 Å². The zero-order valence-electron chi connectivity index (χ0n) is 11.4. The molecule has 0 aliphatic carbocycles. The molecule has 0 saturated heterocycles. The molecule has 0 spiro atoms. The first kappa shape index (κ1) is 13.0. The highest BCUT2D eigenvalue weighted by molar-refractivity contribution is 5.47. The zero-order valence-corrected chi connectivity index (χ0v) is 11.4. The lowest BCUT2D eigenvalue weighted by Gasteiger charge is -2.24. The third-order valence-corrected chi connectivity index (χ3v) is 3.36. The van der Waals surface area contributed by atoms with E-state index in [0.29, 0.717) is 0 Å². The molecule has 1 aliphatic rings. The minimum Gasteiger partial charge on any atom is -0.501 e. The molecule has 0 fully saturated rings. The quantitative estimate of drug-likeness (QED) is 0.884. The van der Waals surface area contributed by atoms with Crippen LogP contribution in [-0.4, -0.2) is 27.7 Å². The third-order valence-electron chi connectivity index (χ3n) is 3.36. The molecule has 0 radical (unpaired) electrons. The Morgan fingerprint density at radius 3 is 2.44 bits per heavy atom. The minimum absolute atomic E-state index is 0.265. The lowest BCUT2D eigenvalue weighted by molar-refractivity contribution is 0.220. The van der Waals surface area contributed by atoms with Gasteiger partial charge in [-0.15, -0.1) is 0 Å². The highest BCUT2D eigenvalue weighted by atomic mass is 16.5. The van der Waals surface area contributed by atoms with Crippen molar-refractivity contribution in [3.63, 3.8) is 0 Å². The predicted octanol–water partition coefficient (Wildman–Crippen LogP) is 2.71. The molecule has 1 aromatic carbocycles. The van der Waals surface area contributed by atoms with Crippen LogP contribution in [0, 0.1) is 0 Å². The van der Waals surface area contributed by atoms with Gasteiger partial charge in [-0.25, -0.2) is 0 Å². The van der Waals surface area contributed by atoms with Crippen LogP contribution >= 0.6 is 0 Å². The SMILES string of the molecule is CNC(C1=COCCC1)c1ccc(N(C)C)cc1. The molecule has 0 amide bonds. The van der Waals surface area contributed by atoms with Crippen LogP contribution in [0.3, 0.4) is 0 Å². The normalized spacial score (nSPS) is 16.7. The molecule has 18 heavy (non-hydrogen) atoms. The van der Waals surface area contributed by atoms with Gasteiger partial charge >= 0.3 is 0 Å². The Hall–Kier alpha value is -1.48. The fraction of sp³-hybridized carbons (Fsp3) is 0.467. The number of likely N-dealkylation sites (N-methyl/N-ethyl adjacent to an activating group) is 1. The van der Waals surface area contributed by atoms with Gasteiger partial charge in [-0.3, -0.25) is 0 Å². The molecular formula is C15H22N2O. The van der Waals surface area contributed by atoms with E-state index in [1.165, 1.54) is 16.8 Å². The van der Waals surface area contributed by atoms with E-state index in [1.807, 2.05) is 13.3 Å². The average Bonchev–Trinajstić information content (AvgIpc) is 2.41. The van der Waals surface area contributed by atoms with E-state index in [1.54, 1.807) is 0 Å². The summed E-state index contributed by atoms with van der Waals surface area (Å²) in [6.07, 6.45) is 4.14. The van der Waals surface area contributed by atoms with Crippen molar-refractivity contribution in [2.75, 3.05) is 32.6 Å². The third kappa shape index (κ3) is 2.85. The highest BCUT2D eigenvalue weighted by Gasteiger charge is 2.17. The van der Waals surface area contributed by atoms with E-state index < -0.39 is 0 Å². The first-order valence-corrected chi connectivity index (χ1v) is 6.47. The Balaban J connectivity index is 2.19. The first-order valence-electron chi connectivity index (χ1n) is 6.47. The van der Waals surface area contributed by atoms with E-state index in [4.69, 9.17) is 4.74 Å². The number of rotatable bonds is 4. The molecule has 0 aromatic heterocycles. The van der Waals surface area contributed by atoms with E-state index >= 15 is 0 Å². The highest BCUT2D eigenvalue weighted by Crippen LogP contribution is 2.28. The summed E-state index contributed by atoms with van der Waals surface area (Å²) < 4.78 is 5.44. The monoisotopic (exact) mass is 246 g/mol. The van der Waals surface area contributed by atoms with Crippen LogP contribution in [0.4, 0.5) is 5.69 Å². The van der Waals surface area contributed by atoms with Crippen LogP contribution in [0.25, 0.3) is 0 Å². The van der Waals surface area contributed by atoms with E-state index in [-0.39, 0.29) is 6.04 Å². The van der Waals surface area contributed by atoms with Gasteiger partial charge in [0.25, 0.3) is 0 Å². The molecule has 3 heteroatoms. The first-order chi connectivity index (χ1) is 8.72. The predicted molar refractivity (Wildman–Crippen MR) is 75.8 cm³/mol. The van der Waals surface area contributed by atoms with Gasteiger partial charge in [0, 0.05) is 19.8 Å². The maximum absolute atomic E-state index is 5.44. The summed E-state index contributed by atoms with van der Waals surface area (Å²) in [6.45, 7) is 0.847. The van der Waals surface area contributed by atoms with Crippen LogP contribution in [0.15, 0.2) is 36.1 Å². The summed E-state index contributed by atoms with van der Waals surface area (Å²) in [5.74, 6) is 0. The van der Waals surface area contributed by atoms with Crippen molar-refractivity contribution in [3.05, 3.63) is 41.7 Å². The molecule has 98 valence electrons. The minimum atomic E-state index is 0.265. The standard InChI is InChI=1S/C15H22N2O/c1-16-15(13-5-4-10-18-11-13)12-6-8-14(9-7-12)17(2)3/h6-9,11,15-16H,4-5,10H2,1-3H3. The molecule has 0 bridgehead atoms. The van der Waals surface area contributed by atoms with Gasteiger partial charge in [-0.2, -0.15) is 0 Å². The van der Waals surface area contributed by atoms with E-state index in [0.717, 1.165) is 19.4 Å². The van der Waals surface area contributed by atoms with Crippen molar-refractivity contribution in [1.29, 1.82) is 0 Å². The molecule has 2 rings (SSSR count). The largest absolute Gasteiger partial charge is 0.501 e. The molecule has 1 aliphatic heterocycles. The topological polar surface area (TPSA) is 24.5 Å². The Morgan fingerprint density at radius 1 is 1.22 bits per heavy atom. The van der Waals surface area contributed by atoms with E-state index in [2.05, 4.69) is 48.6 Å². The number of hydrogen-bond donors (Lipinski definition) is 1. The number of ether oxygens (including phenoxy) is 1. The molecular weight excluding hydrogens is 224 g/mol. The van der Waals surface area contributed by atoms with Gasteiger partial charge in [-0.05, 0) is 43.2 Å².